The first kappa shape index (κ1) is 9.15. The van der Waals surface area contributed by atoms with Crippen LogP contribution in [0.5, 0.6) is 0 Å². The number of aromatic amines is 1. The predicted octanol–water partition coefficient (Wildman–Crippen LogP) is 0.373. The number of nitrogens with one attached hydrogen (secondary N) is 2. The fourth-order valence-electron chi connectivity index (χ4n) is 2.20. The van der Waals surface area contributed by atoms with Crippen LogP contribution in [0.4, 0.5) is 0 Å². The molecule has 1 aromatic heterocycles. The first-order valence-electron chi connectivity index (χ1n) is 5.74. The summed E-state index contributed by atoms with van der Waals surface area (Å²) in [7, 11) is 0. The lowest BCUT2D eigenvalue weighted by atomic mass is 9.98. The molecule has 1 aliphatic heterocycles. The van der Waals surface area contributed by atoms with Crippen LogP contribution in [-0.2, 0) is 0 Å². The molecular formula is C10H16N4O. The van der Waals surface area contributed by atoms with Crippen molar-refractivity contribution in [3.8, 4) is 0 Å². The third-order valence-electron chi connectivity index (χ3n) is 3.28. The van der Waals surface area contributed by atoms with Crippen molar-refractivity contribution in [3.63, 3.8) is 0 Å². The number of nitrogens with zero attached hydrogens (tertiary/aromatic N) is 2. The molecule has 5 heteroatoms. The van der Waals surface area contributed by atoms with Gasteiger partial charge in [0.25, 0.3) is 0 Å². The molecule has 0 bridgehead atoms. The second-order valence-electron chi connectivity index (χ2n) is 4.52. The molecule has 2 aliphatic rings. The molecule has 2 fully saturated rings. The molecule has 0 radical (unpaired) electrons. The summed E-state index contributed by atoms with van der Waals surface area (Å²) in [6, 6.07) is 0.379. The summed E-state index contributed by atoms with van der Waals surface area (Å²) >= 11 is 0. The van der Waals surface area contributed by atoms with Gasteiger partial charge in [0.2, 0.25) is 0 Å². The SMILES string of the molecule is O=c1[nH]c(C2CCNCC2)nn1C1CC1. The predicted molar refractivity (Wildman–Crippen MR) is 56.0 cm³/mol. The van der Waals surface area contributed by atoms with E-state index in [-0.39, 0.29) is 5.69 Å². The van der Waals surface area contributed by atoms with E-state index in [2.05, 4.69) is 15.4 Å². The summed E-state index contributed by atoms with van der Waals surface area (Å²) in [5.74, 6) is 1.34. The summed E-state index contributed by atoms with van der Waals surface area (Å²) in [5, 5.41) is 7.73. The maximum atomic E-state index is 11.6. The maximum absolute atomic E-state index is 11.6. The van der Waals surface area contributed by atoms with Crippen molar-refractivity contribution >= 4 is 0 Å². The molecule has 2 N–H and O–H groups in total. The molecule has 1 saturated heterocycles. The van der Waals surface area contributed by atoms with Crippen LogP contribution in [0.3, 0.4) is 0 Å². The lowest BCUT2D eigenvalue weighted by Crippen LogP contribution is -2.27. The van der Waals surface area contributed by atoms with E-state index in [1.807, 2.05) is 0 Å². The van der Waals surface area contributed by atoms with Crippen molar-refractivity contribution in [2.24, 2.45) is 0 Å². The minimum atomic E-state index is -0.0222. The van der Waals surface area contributed by atoms with Crippen molar-refractivity contribution in [2.45, 2.75) is 37.6 Å². The zero-order chi connectivity index (χ0) is 10.3. The van der Waals surface area contributed by atoms with E-state index in [1.165, 1.54) is 0 Å². The zero-order valence-electron chi connectivity index (χ0n) is 8.70. The minimum Gasteiger partial charge on any atom is -0.317 e. The number of hydrogen-bond donors (Lipinski definition) is 2. The van der Waals surface area contributed by atoms with Gasteiger partial charge < -0.3 is 5.32 Å². The number of piperidine rings is 1. The van der Waals surface area contributed by atoms with Gasteiger partial charge in [-0.25, -0.2) is 9.48 Å². The highest BCUT2D eigenvalue weighted by Gasteiger charge is 2.28. The topological polar surface area (TPSA) is 62.7 Å². The Morgan fingerprint density at radius 3 is 2.60 bits per heavy atom. The molecule has 1 saturated carbocycles. The van der Waals surface area contributed by atoms with Gasteiger partial charge in [0, 0.05) is 5.92 Å². The highest BCUT2D eigenvalue weighted by molar-refractivity contribution is 4.98. The molecule has 0 spiro atoms. The molecular weight excluding hydrogens is 192 g/mol. The number of rotatable bonds is 2. The van der Waals surface area contributed by atoms with Crippen molar-refractivity contribution in [3.05, 3.63) is 16.3 Å². The summed E-state index contributed by atoms with van der Waals surface area (Å²) < 4.78 is 1.64. The van der Waals surface area contributed by atoms with Crippen LogP contribution >= 0.6 is 0 Å². The second kappa shape index (κ2) is 3.48. The van der Waals surface area contributed by atoms with E-state index in [1.54, 1.807) is 4.68 Å². The van der Waals surface area contributed by atoms with Gasteiger partial charge in [0.1, 0.15) is 5.82 Å². The Morgan fingerprint density at radius 2 is 1.93 bits per heavy atom. The lowest BCUT2D eigenvalue weighted by molar-refractivity contribution is 0.441. The fourth-order valence-corrected chi connectivity index (χ4v) is 2.20. The van der Waals surface area contributed by atoms with E-state index in [0.29, 0.717) is 12.0 Å². The first-order valence-corrected chi connectivity index (χ1v) is 5.74. The Bertz CT molecular complexity index is 398. The molecule has 5 nitrogen and oxygen atoms in total. The second-order valence-corrected chi connectivity index (χ2v) is 4.52. The van der Waals surface area contributed by atoms with E-state index >= 15 is 0 Å². The third kappa shape index (κ3) is 1.71. The Balaban J connectivity index is 1.84. The van der Waals surface area contributed by atoms with Crippen molar-refractivity contribution in [1.29, 1.82) is 0 Å². The Kier molecular flexibility index (Phi) is 2.12. The molecule has 3 rings (SSSR count). The van der Waals surface area contributed by atoms with Crippen LogP contribution in [0.15, 0.2) is 4.79 Å². The third-order valence-corrected chi connectivity index (χ3v) is 3.28. The molecule has 0 aromatic carbocycles. The number of hydrogen-bond acceptors (Lipinski definition) is 3. The van der Waals surface area contributed by atoms with Gasteiger partial charge in [-0.15, -0.1) is 0 Å². The summed E-state index contributed by atoms with van der Waals surface area (Å²) in [6.07, 6.45) is 4.38. The van der Waals surface area contributed by atoms with E-state index in [4.69, 9.17) is 0 Å². The molecule has 1 aliphatic carbocycles. The Morgan fingerprint density at radius 1 is 1.20 bits per heavy atom. The van der Waals surface area contributed by atoms with Gasteiger partial charge in [0.15, 0.2) is 0 Å². The van der Waals surface area contributed by atoms with Crippen LogP contribution < -0.4 is 11.0 Å². The quantitative estimate of drug-likeness (QED) is 0.738. The highest BCUT2D eigenvalue weighted by Crippen LogP contribution is 2.33. The Labute approximate surface area is 87.9 Å². The lowest BCUT2D eigenvalue weighted by Gasteiger charge is -2.19. The molecule has 0 unspecified atom stereocenters. The Hall–Kier alpha value is -1.10. The largest absolute Gasteiger partial charge is 0.343 e. The standard InChI is InChI=1S/C10H16N4O/c15-10-12-9(7-3-5-11-6-4-7)13-14(10)8-1-2-8/h7-8,11H,1-6H2,(H,12,13,15). The van der Waals surface area contributed by atoms with Crippen molar-refractivity contribution in [2.75, 3.05) is 13.1 Å². The summed E-state index contributed by atoms with van der Waals surface area (Å²) in [4.78, 5) is 14.5. The van der Waals surface area contributed by atoms with Crippen LogP contribution in [0.2, 0.25) is 0 Å². The minimum absolute atomic E-state index is 0.0222. The van der Waals surface area contributed by atoms with E-state index in [9.17, 15) is 4.79 Å². The molecule has 0 atom stereocenters. The zero-order valence-corrected chi connectivity index (χ0v) is 8.70. The van der Waals surface area contributed by atoms with Crippen LogP contribution in [0, 0.1) is 0 Å². The summed E-state index contributed by atoms with van der Waals surface area (Å²) in [5.41, 5.74) is -0.0222. The monoisotopic (exact) mass is 208 g/mol. The first-order chi connectivity index (χ1) is 7.34. The number of H-pyrrole nitrogens is 1. The molecule has 1 aromatic rings. The average molecular weight is 208 g/mol. The molecule has 82 valence electrons. The van der Waals surface area contributed by atoms with Gasteiger partial charge in [-0.1, -0.05) is 0 Å². The molecule has 15 heavy (non-hydrogen) atoms. The fraction of sp³-hybridized carbons (Fsp3) is 0.800. The maximum Gasteiger partial charge on any atom is 0.343 e. The highest BCUT2D eigenvalue weighted by atomic mass is 16.2. The van der Waals surface area contributed by atoms with Crippen molar-refractivity contribution < 1.29 is 0 Å². The van der Waals surface area contributed by atoms with Gasteiger partial charge in [-0.3, -0.25) is 4.98 Å². The van der Waals surface area contributed by atoms with Gasteiger partial charge in [-0.2, -0.15) is 5.10 Å². The van der Waals surface area contributed by atoms with Crippen LogP contribution in [0.1, 0.15) is 43.5 Å². The molecule has 2 heterocycles. The average Bonchev–Trinajstić information content (AvgIpc) is 3.04. The normalized spacial score (nSPS) is 23.2. The smallest absolute Gasteiger partial charge is 0.317 e. The van der Waals surface area contributed by atoms with Crippen LogP contribution in [-0.4, -0.2) is 27.9 Å². The van der Waals surface area contributed by atoms with Gasteiger partial charge in [0.05, 0.1) is 6.04 Å². The van der Waals surface area contributed by atoms with Gasteiger partial charge >= 0.3 is 5.69 Å². The summed E-state index contributed by atoms with van der Waals surface area (Å²) in [6.45, 7) is 2.06. The van der Waals surface area contributed by atoms with E-state index < -0.39 is 0 Å². The van der Waals surface area contributed by atoms with Gasteiger partial charge in [-0.05, 0) is 38.8 Å². The molecule has 0 amide bonds. The van der Waals surface area contributed by atoms with Crippen LogP contribution in [0.25, 0.3) is 0 Å². The number of aromatic nitrogens is 3. The van der Waals surface area contributed by atoms with E-state index in [0.717, 1.165) is 44.6 Å². The van der Waals surface area contributed by atoms with Crippen molar-refractivity contribution in [1.82, 2.24) is 20.1 Å².